The van der Waals surface area contributed by atoms with Gasteiger partial charge in [0.05, 0.1) is 5.56 Å². The summed E-state index contributed by atoms with van der Waals surface area (Å²) in [6.45, 7) is 3.02. The third-order valence-corrected chi connectivity index (χ3v) is 3.18. The summed E-state index contributed by atoms with van der Waals surface area (Å²) >= 11 is 5.88. The molecule has 0 aliphatic carbocycles. The lowest BCUT2D eigenvalue weighted by molar-refractivity contribution is 0.102. The van der Waals surface area contributed by atoms with Crippen LogP contribution in [0.5, 0.6) is 0 Å². The molecule has 110 valence electrons. The highest BCUT2D eigenvalue weighted by Crippen LogP contribution is 2.16. The number of hydrogen-bond acceptors (Lipinski definition) is 3. The molecular formula is C16H18ClN3O. The lowest BCUT2D eigenvalue weighted by atomic mass is 10.2. The molecule has 0 fully saturated rings. The predicted octanol–water partition coefficient (Wildman–Crippen LogP) is 4.20. The molecule has 5 heteroatoms. The first-order chi connectivity index (χ1) is 10.2. The Morgan fingerprint density at radius 1 is 1.29 bits per heavy atom. The number of nitrogens with one attached hydrogen (secondary N) is 2. The minimum atomic E-state index is -0.204. The largest absolute Gasteiger partial charge is 0.370 e. The van der Waals surface area contributed by atoms with Crippen molar-refractivity contribution in [3.05, 3.63) is 53.2 Å². The molecule has 0 atom stereocenters. The minimum absolute atomic E-state index is 0.204. The van der Waals surface area contributed by atoms with E-state index in [1.807, 2.05) is 6.07 Å². The average molecular weight is 304 g/mol. The summed E-state index contributed by atoms with van der Waals surface area (Å²) < 4.78 is 0. The van der Waals surface area contributed by atoms with Crippen molar-refractivity contribution in [3.63, 3.8) is 0 Å². The van der Waals surface area contributed by atoms with Gasteiger partial charge in [0.25, 0.3) is 5.91 Å². The molecule has 0 unspecified atom stereocenters. The minimum Gasteiger partial charge on any atom is -0.370 e. The van der Waals surface area contributed by atoms with Gasteiger partial charge in [-0.3, -0.25) is 4.79 Å². The Balaban J connectivity index is 1.96. The molecule has 21 heavy (non-hydrogen) atoms. The van der Waals surface area contributed by atoms with Crippen LogP contribution >= 0.6 is 11.6 Å². The van der Waals surface area contributed by atoms with Crippen molar-refractivity contribution in [2.24, 2.45) is 0 Å². The molecule has 1 heterocycles. The molecule has 0 saturated carbocycles. The highest BCUT2D eigenvalue weighted by atomic mass is 35.5. The number of rotatable bonds is 6. The third kappa shape index (κ3) is 4.76. The number of carbonyl (C=O) groups excluding carboxylic acids is 1. The summed E-state index contributed by atoms with van der Waals surface area (Å²) in [6.07, 6.45) is 3.79. The van der Waals surface area contributed by atoms with Gasteiger partial charge in [-0.1, -0.05) is 31.0 Å². The zero-order valence-electron chi connectivity index (χ0n) is 11.9. The first-order valence-corrected chi connectivity index (χ1v) is 7.33. The van der Waals surface area contributed by atoms with Crippen LogP contribution in [-0.4, -0.2) is 17.4 Å². The zero-order valence-corrected chi connectivity index (χ0v) is 12.7. The first-order valence-electron chi connectivity index (χ1n) is 6.96. The third-order valence-electron chi connectivity index (χ3n) is 2.94. The quantitative estimate of drug-likeness (QED) is 0.786. The average Bonchev–Trinajstić information content (AvgIpc) is 2.48. The molecule has 0 radical (unpaired) electrons. The molecule has 2 rings (SSSR count). The predicted molar refractivity (Wildman–Crippen MR) is 87.0 cm³/mol. The van der Waals surface area contributed by atoms with Crippen LogP contribution in [0.3, 0.4) is 0 Å². The van der Waals surface area contributed by atoms with Gasteiger partial charge in [-0.15, -0.1) is 0 Å². The maximum absolute atomic E-state index is 12.1. The van der Waals surface area contributed by atoms with Crippen LogP contribution in [-0.2, 0) is 0 Å². The van der Waals surface area contributed by atoms with Crippen molar-refractivity contribution in [1.29, 1.82) is 0 Å². The van der Waals surface area contributed by atoms with Crippen LogP contribution in [0.2, 0.25) is 5.02 Å². The van der Waals surface area contributed by atoms with Crippen molar-refractivity contribution in [3.8, 4) is 0 Å². The fourth-order valence-corrected chi connectivity index (χ4v) is 1.99. The number of pyridine rings is 1. The van der Waals surface area contributed by atoms with Crippen molar-refractivity contribution in [2.45, 2.75) is 19.8 Å². The van der Waals surface area contributed by atoms with Crippen LogP contribution in [0, 0.1) is 0 Å². The molecule has 0 bridgehead atoms. The Morgan fingerprint density at radius 2 is 2.14 bits per heavy atom. The fourth-order valence-electron chi connectivity index (χ4n) is 1.80. The van der Waals surface area contributed by atoms with Crippen LogP contribution < -0.4 is 10.6 Å². The van der Waals surface area contributed by atoms with Gasteiger partial charge in [0, 0.05) is 23.5 Å². The molecule has 1 aromatic heterocycles. The molecule has 0 aliphatic rings. The Hall–Kier alpha value is -2.07. The molecule has 2 aromatic rings. The lowest BCUT2D eigenvalue weighted by Gasteiger charge is -2.07. The van der Waals surface area contributed by atoms with Gasteiger partial charge in [-0.2, -0.15) is 0 Å². The van der Waals surface area contributed by atoms with Crippen molar-refractivity contribution in [2.75, 3.05) is 17.2 Å². The second-order valence-electron chi connectivity index (χ2n) is 4.68. The number of anilines is 2. The maximum atomic E-state index is 12.1. The topological polar surface area (TPSA) is 54.0 Å². The lowest BCUT2D eigenvalue weighted by Crippen LogP contribution is -2.12. The number of aromatic nitrogens is 1. The van der Waals surface area contributed by atoms with E-state index < -0.39 is 0 Å². The SMILES string of the molecule is CCCCNc1ccc(C(=O)Nc2cccc(Cl)c2)cn1. The number of carbonyl (C=O) groups is 1. The van der Waals surface area contributed by atoms with Crippen molar-refractivity contribution < 1.29 is 4.79 Å². The maximum Gasteiger partial charge on any atom is 0.257 e. The first kappa shape index (κ1) is 15.3. The summed E-state index contributed by atoms with van der Waals surface area (Å²) in [5, 5.41) is 6.58. The number of halogens is 1. The van der Waals surface area contributed by atoms with Gasteiger partial charge in [0.1, 0.15) is 5.82 Å². The number of hydrogen-bond donors (Lipinski definition) is 2. The number of amides is 1. The van der Waals surface area contributed by atoms with Gasteiger partial charge < -0.3 is 10.6 Å². The Labute approximate surface area is 129 Å². The highest BCUT2D eigenvalue weighted by Gasteiger charge is 2.07. The van der Waals surface area contributed by atoms with Crippen molar-refractivity contribution >= 4 is 29.0 Å². The number of benzene rings is 1. The van der Waals surface area contributed by atoms with E-state index >= 15 is 0 Å². The Kier molecular flexibility index (Phi) is 5.58. The van der Waals surface area contributed by atoms with E-state index in [1.165, 1.54) is 0 Å². The van der Waals surface area contributed by atoms with Gasteiger partial charge in [0.2, 0.25) is 0 Å². The van der Waals surface area contributed by atoms with Gasteiger partial charge in [-0.25, -0.2) is 4.98 Å². The second-order valence-corrected chi connectivity index (χ2v) is 5.11. The van der Waals surface area contributed by atoms with E-state index in [-0.39, 0.29) is 5.91 Å². The van der Waals surface area contributed by atoms with E-state index in [0.29, 0.717) is 16.3 Å². The molecule has 1 aromatic carbocycles. The van der Waals surface area contributed by atoms with Crippen LogP contribution in [0.15, 0.2) is 42.6 Å². The summed E-state index contributed by atoms with van der Waals surface area (Å²) in [4.78, 5) is 16.3. The summed E-state index contributed by atoms with van der Waals surface area (Å²) in [5.41, 5.74) is 1.17. The van der Waals surface area contributed by atoms with Gasteiger partial charge in [-0.05, 0) is 36.8 Å². The van der Waals surface area contributed by atoms with Gasteiger partial charge in [0.15, 0.2) is 0 Å². The van der Waals surface area contributed by atoms with E-state index in [2.05, 4.69) is 22.5 Å². The zero-order chi connectivity index (χ0) is 15.1. The van der Waals surface area contributed by atoms with E-state index in [9.17, 15) is 4.79 Å². The van der Waals surface area contributed by atoms with Crippen LogP contribution in [0.4, 0.5) is 11.5 Å². The molecule has 0 spiro atoms. The molecular weight excluding hydrogens is 286 g/mol. The van der Waals surface area contributed by atoms with E-state index in [4.69, 9.17) is 11.6 Å². The fraction of sp³-hybridized carbons (Fsp3) is 0.250. The second kappa shape index (κ2) is 7.64. The van der Waals surface area contributed by atoms with E-state index in [0.717, 1.165) is 25.2 Å². The van der Waals surface area contributed by atoms with Crippen molar-refractivity contribution in [1.82, 2.24) is 4.98 Å². The normalized spacial score (nSPS) is 10.2. The Bertz CT molecular complexity index is 599. The highest BCUT2D eigenvalue weighted by molar-refractivity contribution is 6.30. The summed E-state index contributed by atoms with van der Waals surface area (Å²) in [5.74, 6) is 0.577. The van der Waals surface area contributed by atoms with Gasteiger partial charge >= 0.3 is 0 Å². The monoisotopic (exact) mass is 303 g/mol. The summed E-state index contributed by atoms with van der Waals surface area (Å²) in [7, 11) is 0. The molecule has 0 aliphatic heterocycles. The van der Waals surface area contributed by atoms with Crippen LogP contribution in [0.25, 0.3) is 0 Å². The van der Waals surface area contributed by atoms with E-state index in [1.54, 1.807) is 36.5 Å². The van der Waals surface area contributed by atoms with Crippen LogP contribution in [0.1, 0.15) is 30.1 Å². The molecule has 1 amide bonds. The molecule has 0 saturated heterocycles. The number of unbranched alkanes of at least 4 members (excludes halogenated alkanes) is 1. The molecule has 4 nitrogen and oxygen atoms in total. The number of nitrogens with zero attached hydrogens (tertiary/aromatic N) is 1. The molecule has 2 N–H and O–H groups in total. The summed E-state index contributed by atoms with van der Waals surface area (Å²) in [6, 6.07) is 10.6. The smallest absolute Gasteiger partial charge is 0.257 e. The standard InChI is InChI=1S/C16H18ClN3O/c1-2-3-9-18-15-8-7-12(11-19-15)16(21)20-14-6-4-5-13(17)10-14/h4-8,10-11H,2-3,9H2,1H3,(H,18,19)(H,20,21). The Morgan fingerprint density at radius 3 is 2.81 bits per heavy atom.